The van der Waals surface area contributed by atoms with Gasteiger partial charge in [0.2, 0.25) is 5.91 Å². The number of nitriles is 1. The number of anilines is 1. The first-order chi connectivity index (χ1) is 17.5. The van der Waals surface area contributed by atoms with E-state index in [4.69, 9.17) is 9.47 Å². The molecular formula is C26H31N5O3S2. The van der Waals surface area contributed by atoms with Crippen LogP contribution in [0.2, 0.25) is 0 Å². The highest BCUT2D eigenvalue weighted by Crippen LogP contribution is 2.36. The minimum Gasteiger partial charge on any atom is -0.497 e. The number of thiophene rings is 1. The van der Waals surface area contributed by atoms with Gasteiger partial charge < -0.3 is 19.4 Å². The van der Waals surface area contributed by atoms with Gasteiger partial charge in [-0.05, 0) is 69.4 Å². The lowest BCUT2D eigenvalue weighted by atomic mass is 9.97. The molecule has 2 aromatic heterocycles. The van der Waals surface area contributed by atoms with E-state index in [1.807, 2.05) is 42.7 Å². The average Bonchev–Trinajstić information content (AvgIpc) is 3.43. The van der Waals surface area contributed by atoms with E-state index in [1.54, 1.807) is 18.4 Å². The van der Waals surface area contributed by atoms with E-state index in [1.165, 1.54) is 29.5 Å². The van der Waals surface area contributed by atoms with E-state index in [9.17, 15) is 10.1 Å². The van der Waals surface area contributed by atoms with Crippen molar-refractivity contribution >= 4 is 34.0 Å². The summed E-state index contributed by atoms with van der Waals surface area (Å²) in [5.41, 5.74) is 1.77. The predicted octanol–water partition coefficient (Wildman–Crippen LogP) is 5.77. The Morgan fingerprint density at radius 1 is 1.19 bits per heavy atom. The third-order valence-corrected chi connectivity index (χ3v) is 8.34. The third-order valence-electron chi connectivity index (χ3n) is 6.17. The Hall–Kier alpha value is -3.03. The quantitative estimate of drug-likeness (QED) is 0.354. The lowest BCUT2D eigenvalue weighted by Crippen LogP contribution is -2.15. The zero-order valence-electron chi connectivity index (χ0n) is 20.9. The number of amides is 1. The standard InChI is InChI=1S/C26H31N5O3S2/c1-4-31-24(17(2)34-19-13-11-18(33-3)12-14-19)29-30-26(31)35-16-23(32)28-25-21(15-27)20-9-7-5-6-8-10-22(20)36-25/h11-14,17H,4-10,16H2,1-3H3,(H,28,32). The van der Waals surface area contributed by atoms with Crippen molar-refractivity contribution in [3.63, 3.8) is 0 Å². The number of aromatic nitrogens is 3. The Labute approximate surface area is 220 Å². The Kier molecular flexibility index (Phi) is 8.88. The van der Waals surface area contributed by atoms with Crippen molar-refractivity contribution in [3.8, 4) is 17.6 Å². The second-order valence-electron chi connectivity index (χ2n) is 8.59. The van der Waals surface area contributed by atoms with Gasteiger partial charge in [-0.1, -0.05) is 24.6 Å². The van der Waals surface area contributed by atoms with Gasteiger partial charge in [0.05, 0.1) is 18.4 Å². The number of carbonyl (C=O) groups excluding carboxylic acids is 1. The number of benzene rings is 1. The summed E-state index contributed by atoms with van der Waals surface area (Å²) in [6.45, 7) is 4.59. The molecule has 1 unspecified atom stereocenters. The molecule has 1 aromatic carbocycles. The maximum absolute atomic E-state index is 12.8. The minimum atomic E-state index is -0.321. The van der Waals surface area contributed by atoms with Crippen LogP contribution >= 0.6 is 23.1 Å². The van der Waals surface area contributed by atoms with E-state index in [-0.39, 0.29) is 17.8 Å². The first-order valence-corrected chi connectivity index (χ1v) is 14.0. The van der Waals surface area contributed by atoms with Crippen molar-refractivity contribution in [2.45, 2.75) is 70.2 Å². The number of aryl methyl sites for hydroxylation is 1. The lowest BCUT2D eigenvalue weighted by molar-refractivity contribution is -0.113. The highest BCUT2D eigenvalue weighted by Gasteiger charge is 2.22. The fourth-order valence-corrected chi connectivity index (χ4v) is 6.40. The normalized spacial score (nSPS) is 14.2. The van der Waals surface area contributed by atoms with Crippen LogP contribution in [0.5, 0.6) is 11.5 Å². The van der Waals surface area contributed by atoms with Crippen LogP contribution in [0.25, 0.3) is 0 Å². The number of ether oxygens (including phenoxy) is 2. The van der Waals surface area contributed by atoms with E-state index in [0.717, 1.165) is 37.0 Å². The molecule has 0 fully saturated rings. The molecule has 0 saturated heterocycles. The van der Waals surface area contributed by atoms with Gasteiger partial charge in [0.1, 0.15) is 22.6 Å². The van der Waals surface area contributed by atoms with Gasteiger partial charge in [-0.25, -0.2) is 0 Å². The zero-order valence-corrected chi connectivity index (χ0v) is 22.5. The molecule has 0 bridgehead atoms. The maximum atomic E-state index is 12.8. The summed E-state index contributed by atoms with van der Waals surface area (Å²) in [4.78, 5) is 14.1. The molecule has 36 heavy (non-hydrogen) atoms. The van der Waals surface area contributed by atoms with Crippen molar-refractivity contribution in [1.82, 2.24) is 14.8 Å². The molecule has 8 nitrogen and oxygen atoms in total. The van der Waals surface area contributed by atoms with Crippen LogP contribution in [-0.4, -0.2) is 33.5 Å². The zero-order chi connectivity index (χ0) is 25.5. The second-order valence-corrected chi connectivity index (χ2v) is 10.6. The van der Waals surface area contributed by atoms with E-state index in [0.29, 0.717) is 33.8 Å². The highest BCUT2D eigenvalue weighted by molar-refractivity contribution is 7.99. The third kappa shape index (κ3) is 6.02. The smallest absolute Gasteiger partial charge is 0.235 e. The number of nitrogens with zero attached hydrogens (tertiary/aromatic N) is 4. The molecule has 10 heteroatoms. The van der Waals surface area contributed by atoms with Gasteiger partial charge in [-0.3, -0.25) is 4.79 Å². The highest BCUT2D eigenvalue weighted by atomic mass is 32.2. The molecule has 0 saturated carbocycles. The Morgan fingerprint density at radius 3 is 2.61 bits per heavy atom. The molecule has 0 radical (unpaired) electrons. The summed E-state index contributed by atoms with van der Waals surface area (Å²) in [7, 11) is 1.63. The lowest BCUT2D eigenvalue weighted by Gasteiger charge is -2.15. The molecule has 1 aliphatic rings. The molecule has 0 spiro atoms. The van der Waals surface area contributed by atoms with Crippen LogP contribution < -0.4 is 14.8 Å². The summed E-state index contributed by atoms with van der Waals surface area (Å²) in [5, 5.41) is 22.7. The summed E-state index contributed by atoms with van der Waals surface area (Å²) in [6.07, 6.45) is 6.23. The fraction of sp³-hybridized carbons (Fsp3) is 0.462. The number of rotatable bonds is 9. The van der Waals surface area contributed by atoms with Crippen molar-refractivity contribution in [1.29, 1.82) is 5.26 Å². The van der Waals surface area contributed by atoms with Gasteiger partial charge in [-0.15, -0.1) is 21.5 Å². The Balaban J connectivity index is 1.40. The van der Waals surface area contributed by atoms with Gasteiger partial charge in [0, 0.05) is 11.4 Å². The molecule has 0 aliphatic heterocycles. The molecule has 1 aliphatic carbocycles. The summed E-state index contributed by atoms with van der Waals surface area (Å²) in [5.74, 6) is 2.20. The second kappa shape index (κ2) is 12.3. The first kappa shape index (κ1) is 26.0. The molecule has 4 rings (SSSR count). The first-order valence-electron chi connectivity index (χ1n) is 12.2. The number of methoxy groups -OCH3 is 1. The van der Waals surface area contributed by atoms with Gasteiger partial charge in [-0.2, -0.15) is 5.26 Å². The van der Waals surface area contributed by atoms with Gasteiger partial charge in [0.25, 0.3) is 0 Å². The molecule has 1 N–H and O–H groups in total. The maximum Gasteiger partial charge on any atom is 0.235 e. The minimum absolute atomic E-state index is 0.152. The van der Waals surface area contributed by atoms with Crippen LogP contribution in [0, 0.1) is 11.3 Å². The topological polar surface area (TPSA) is 102 Å². The molecule has 190 valence electrons. The van der Waals surface area contributed by atoms with Crippen LogP contribution in [0.3, 0.4) is 0 Å². The van der Waals surface area contributed by atoms with E-state index < -0.39 is 0 Å². The van der Waals surface area contributed by atoms with Crippen LogP contribution in [0.1, 0.15) is 67.5 Å². The van der Waals surface area contributed by atoms with Crippen molar-refractivity contribution < 1.29 is 14.3 Å². The van der Waals surface area contributed by atoms with Crippen molar-refractivity contribution in [2.75, 3.05) is 18.2 Å². The molecule has 1 amide bonds. The number of hydrogen-bond donors (Lipinski definition) is 1. The molecule has 3 aromatic rings. The SMILES string of the molecule is CCn1c(SCC(=O)Nc2sc3c(c2C#N)CCCCCC3)nnc1C(C)Oc1ccc(OC)cc1. The largest absolute Gasteiger partial charge is 0.497 e. The molecular weight excluding hydrogens is 494 g/mol. The van der Waals surface area contributed by atoms with Gasteiger partial charge in [0.15, 0.2) is 17.1 Å². The van der Waals surface area contributed by atoms with Crippen molar-refractivity contribution in [2.24, 2.45) is 0 Å². The Bertz CT molecular complexity index is 1230. The number of thioether (sulfide) groups is 1. The number of carbonyl (C=O) groups is 1. The number of hydrogen-bond acceptors (Lipinski definition) is 8. The number of fused-ring (bicyclic) bond motifs is 1. The average molecular weight is 526 g/mol. The van der Waals surface area contributed by atoms with Crippen LogP contribution in [-0.2, 0) is 24.2 Å². The fourth-order valence-electron chi connectivity index (χ4n) is 4.33. The van der Waals surface area contributed by atoms with E-state index in [2.05, 4.69) is 21.6 Å². The molecule has 1 atom stereocenters. The van der Waals surface area contributed by atoms with Crippen molar-refractivity contribution in [3.05, 3.63) is 46.1 Å². The van der Waals surface area contributed by atoms with E-state index >= 15 is 0 Å². The summed E-state index contributed by atoms with van der Waals surface area (Å²) in [6, 6.07) is 9.72. The van der Waals surface area contributed by atoms with Gasteiger partial charge >= 0.3 is 0 Å². The molecule has 2 heterocycles. The summed E-state index contributed by atoms with van der Waals surface area (Å²) >= 11 is 2.89. The Morgan fingerprint density at radius 2 is 1.92 bits per heavy atom. The summed E-state index contributed by atoms with van der Waals surface area (Å²) < 4.78 is 13.2. The van der Waals surface area contributed by atoms with Crippen LogP contribution in [0.15, 0.2) is 29.4 Å². The number of nitrogens with one attached hydrogen (secondary N) is 1. The monoisotopic (exact) mass is 525 g/mol. The van der Waals surface area contributed by atoms with Crippen LogP contribution in [0.4, 0.5) is 5.00 Å². The predicted molar refractivity (Wildman–Crippen MR) is 142 cm³/mol.